The molecule has 0 saturated carbocycles. The third-order valence-electron chi connectivity index (χ3n) is 5.06. The molecule has 32 heavy (non-hydrogen) atoms. The highest BCUT2D eigenvalue weighted by atomic mass is 32.2. The average molecular weight is 452 g/mol. The van der Waals surface area contributed by atoms with Crippen molar-refractivity contribution in [1.82, 2.24) is 9.88 Å². The van der Waals surface area contributed by atoms with Crippen LogP contribution in [0.4, 0.5) is 11.5 Å². The van der Waals surface area contributed by atoms with Gasteiger partial charge in [-0.15, -0.1) is 0 Å². The largest absolute Gasteiger partial charge is 0.492 e. The molecule has 1 saturated heterocycles. The summed E-state index contributed by atoms with van der Waals surface area (Å²) in [5, 5.41) is 9.53. The van der Waals surface area contributed by atoms with Crippen LogP contribution >= 0.6 is 11.8 Å². The van der Waals surface area contributed by atoms with Gasteiger partial charge < -0.3 is 20.9 Å². The van der Waals surface area contributed by atoms with Gasteiger partial charge in [0.05, 0.1) is 36.9 Å². The molecule has 166 valence electrons. The lowest BCUT2D eigenvalue weighted by Gasteiger charge is -2.26. The van der Waals surface area contributed by atoms with Crippen molar-refractivity contribution in [2.75, 3.05) is 50.9 Å². The maximum Gasteiger partial charge on any atom is 0.266 e. The third kappa shape index (κ3) is 5.76. The fraction of sp³-hybridized carbons (Fsp3) is 0.261. The minimum atomic E-state index is 0.272. The van der Waals surface area contributed by atoms with Gasteiger partial charge in [0.2, 0.25) is 5.82 Å². The van der Waals surface area contributed by atoms with Crippen molar-refractivity contribution in [2.24, 2.45) is 0 Å². The smallest absolute Gasteiger partial charge is 0.266 e. The molecule has 0 radical (unpaired) electrons. The number of aromatic nitrogens is 2. The van der Waals surface area contributed by atoms with Gasteiger partial charge in [0, 0.05) is 30.6 Å². The number of morpholine rings is 1. The molecule has 0 bridgehead atoms. The molecule has 9 heteroatoms. The molecule has 3 heterocycles. The van der Waals surface area contributed by atoms with Crippen LogP contribution < -0.4 is 20.8 Å². The Balaban J connectivity index is 1.43. The van der Waals surface area contributed by atoms with Gasteiger partial charge in [0.1, 0.15) is 17.4 Å². The number of anilines is 2. The molecule has 0 unspecified atom stereocenters. The summed E-state index contributed by atoms with van der Waals surface area (Å²) in [6.45, 7) is 4.86. The Morgan fingerprint density at radius 3 is 2.78 bits per heavy atom. The van der Waals surface area contributed by atoms with Crippen molar-refractivity contribution in [3.63, 3.8) is 0 Å². The summed E-state index contributed by atoms with van der Waals surface area (Å²) in [4.78, 5) is 7.56. The van der Waals surface area contributed by atoms with Gasteiger partial charge in [-0.1, -0.05) is 17.8 Å². The number of hydrogen-bond acceptors (Lipinski definition) is 8. The Kier molecular flexibility index (Phi) is 7.21. The maximum atomic E-state index is 8.71. The number of ether oxygens (including phenoxy) is 2. The minimum Gasteiger partial charge on any atom is -0.492 e. The first-order valence-electron chi connectivity index (χ1n) is 10.4. The zero-order valence-electron chi connectivity index (χ0n) is 17.7. The van der Waals surface area contributed by atoms with Gasteiger partial charge >= 0.3 is 0 Å². The Morgan fingerprint density at radius 1 is 1.16 bits per heavy atom. The van der Waals surface area contributed by atoms with E-state index >= 15 is 0 Å². The predicted molar refractivity (Wildman–Crippen MR) is 125 cm³/mol. The summed E-state index contributed by atoms with van der Waals surface area (Å²) in [5.74, 6) is 1.48. The number of nitrogens with zero attached hydrogens (tertiary/aromatic N) is 3. The fourth-order valence-corrected chi connectivity index (χ4v) is 4.09. The lowest BCUT2D eigenvalue weighted by atomic mass is 10.2. The van der Waals surface area contributed by atoms with Gasteiger partial charge in [-0.05, 0) is 36.4 Å². The standard InChI is InChI=1S/C23H26N6O2S/c24-18-4-7-22(27-15-18)32-20-5-6-21(25)29(16-20)23(26)17-2-1-3-19(14-17)31-13-10-28-8-11-30-12-9-28/h1-7,14-16,25-26H,8-13,24H2/p+1. The van der Waals surface area contributed by atoms with Crippen LogP contribution in [0.25, 0.3) is 0 Å². The molecule has 1 aliphatic heterocycles. The molecule has 2 aromatic heterocycles. The molecule has 0 amide bonds. The zero-order valence-corrected chi connectivity index (χ0v) is 18.6. The van der Waals surface area contributed by atoms with Crippen molar-refractivity contribution in [1.29, 1.82) is 5.41 Å². The van der Waals surface area contributed by atoms with Crippen molar-refractivity contribution in [3.8, 4) is 5.75 Å². The molecular formula is C23H27N6O2S+. The second kappa shape index (κ2) is 10.4. The number of rotatable bonds is 7. The average Bonchev–Trinajstić information content (AvgIpc) is 2.82. The Morgan fingerprint density at radius 2 is 2.00 bits per heavy atom. The molecule has 4 rings (SSSR count). The van der Waals surface area contributed by atoms with Crippen molar-refractivity contribution in [2.45, 2.75) is 9.92 Å². The van der Waals surface area contributed by atoms with E-state index in [1.165, 1.54) is 11.8 Å². The zero-order chi connectivity index (χ0) is 22.3. The van der Waals surface area contributed by atoms with E-state index in [0.29, 0.717) is 18.1 Å². The summed E-state index contributed by atoms with van der Waals surface area (Å²) in [6, 6.07) is 14.9. The first-order chi connectivity index (χ1) is 15.6. The summed E-state index contributed by atoms with van der Waals surface area (Å²) >= 11 is 1.48. The highest BCUT2D eigenvalue weighted by Crippen LogP contribution is 2.25. The predicted octanol–water partition coefficient (Wildman–Crippen LogP) is 2.27. The van der Waals surface area contributed by atoms with E-state index in [1.807, 2.05) is 48.7 Å². The molecule has 1 fully saturated rings. The Hall–Kier alpha value is -3.14. The van der Waals surface area contributed by atoms with E-state index < -0.39 is 0 Å². The van der Waals surface area contributed by atoms with Crippen molar-refractivity contribution < 1.29 is 14.0 Å². The van der Waals surface area contributed by atoms with Crippen LogP contribution in [-0.2, 0) is 4.74 Å². The lowest BCUT2D eigenvalue weighted by Crippen LogP contribution is -2.45. The monoisotopic (exact) mass is 451 g/mol. The molecule has 0 aliphatic carbocycles. The molecule has 8 nitrogen and oxygen atoms in total. The SMILES string of the molecule is N=C(c1cccc(OCCN2CCOCC2)c1)[n+]1cc(Sc2ccc(N)cn2)ccc1N. The van der Waals surface area contributed by atoms with E-state index in [9.17, 15) is 0 Å². The molecule has 5 N–H and O–H groups in total. The number of nitrogens with two attached hydrogens (primary N) is 2. The van der Waals surface area contributed by atoms with Gasteiger partial charge in [-0.2, -0.15) is 5.41 Å². The van der Waals surface area contributed by atoms with Crippen LogP contribution in [-0.4, -0.2) is 55.2 Å². The summed E-state index contributed by atoms with van der Waals surface area (Å²) in [5.41, 5.74) is 13.2. The number of hydrogen-bond donors (Lipinski definition) is 3. The molecule has 0 atom stereocenters. The molecule has 1 aliphatic rings. The van der Waals surface area contributed by atoms with Gasteiger partial charge in [0.15, 0.2) is 0 Å². The number of pyridine rings is 2. The van der Waals surface area contributed by atoms with Crippen LogP contribution in [0.5, 0.6) is 5.75 Å². The molecule has 1 aromatic carbocycles. The van der Waals surface area contributed by atoms with Gasteiger partial charge in [-0.3, -0.25) is 4.90 Å². The highest BCUT2D eigenvalue weighted by Gasteiger charge is 2.16. The second-order valence-electron chi connectivity index (χ2n) is 7.37. The third-order valence-corrected chi connectivity index (χ3v) is 5.99. The Labute approximate surface area is 191 Å². The lowest BCUT2D eigenvalue weighted by molar-refractivity contribution is -0.541. The number of benzene rings is 1. The summed E-state index contributed by atoms with van der Waals surface area (Å²) in [6.07, 6.45) is 3.46. The summed E-state index contributed by atoms with van der Waals surface area (Å²) in [7, 11) is 0. The van der Waals surface area contributed by atoms with Crippen LogP contribution in [0.1, 0.15) is 5.56 Å². The molecule has 0 spiro atoms. The van der Waals surface area contributed by atoms with E-state index in [2.05, 4.69) is 9.88 Å². The van der Waals surface area contributed by atoms with E-state index in [4.69, 9.17) is 26.4 Å². The van der Waals surface area contributed by atoms with Crippen LogP contribution in [0.3, 0.4) is 0 Å². The van der Waals surface area contributed by atoms with Crippen LogP contribution in [0.2, 0.25) is 0 Å². The normalized spacial score (nSPS) is 14.2. The number of nitrogens with one attached hydrogen (secondary N) is 1. The Bertz CT molecular complexity index is 1070. The van der Waals surface area contributed by atoms with Gasteiger partial charge in [0.25, 0.3) is 5.84 Å². The van der Waals surface area contributed by atoms with E-state index in [1.54, 1.807) is 16.8 Å². The minimum absolute atomic E-state index is 0.272. The van der Waals surface area contributed by atoms with Crippen molar-refractivity contribution >= 4 is 29.1 Å². The maximum absolute atomic E-state index is 8.71. The van der Waals surface area contributed by atoms with E-state index in [-0.39, 0.29) is 5.84 Å². The molecular weight excluding hydrogens is 424 g/mol. The molecule has 3 aromatic rings. The first kappa shape index (κ1) is 22.1. The highest BCUT2D eigenvalue weighted by molar-refractivity contribution is 7.99. The quantitative estimate of drug-likeness (QED) is 0.287. The number of nitrogen functional groups attached to an aromatic ring is 2. The second-order valence-corrected chi connectivity index (χ2v) is 8.46. The topological polar surface area (TPSA) is 114 Å². The first-order valence-corrected chi connectivity index (χ1v) is 11.2. The van der Waals surface area contributed by atoms with Crippen LogP contribution in [0, 0.1) is 5.41 Å². The van der Waals surface area contributed by atoms with Crippen molar-refractivity contribution in [3.05, 3.63) is 66.5 Å². The fourth-order valence-electron chi connectivity index (χ4n) is 3.31. The van der Waals surface area contributed by atoms with E-state index in [0.717, 1.165) is 54.1 Å². The van der Waals surface area contributed by atoms with Crippen LogP contribution in [0.15, 0.2) is 70.8 Å². The summed E-state index contributed by atoms with van der Waals surface area (Å²) < 4.78 is 13.0. The van der Waals surface area contributed by atoms with Gasteiger partial charge in [-0.25, -0.2) is 9.55 Å².